The van der Waals surface area contributed by atoms with Crippen molar-refractivity contribution >= 4 is 0 Å². The maximum absolute atomic E-state index is 9.43. The molecule has 1 aliphatic rings. The Morgan fingerprint density at radius 2 is 2.00 bits per heavy atom. The predicted octanol–water partition coefficient (Wildman–Crippen LogP) is 1.89. The van der Waals surface area contributed by atoms with Crippen LogP contribution in [0.2, 0.25) is 0 Å². The summed E-state index contributed by atoms with van der Waals surface area (Å²) < 4.78 is 0. The SMILES string of the molecule is CC(O)CC(C)NC1(CN)CCC(C)C(C)C1. The second-order valence-corrected chi connectivity index (χ2v) is 6.31. The summed E-state index contributed by atoms with van der Waals surface area (Å²) >= 11 is 0. The predicted molar refractivity (Wildman–Crippen MR) is 72.9 cm³/mol. The molecule has 5 atom stereocenters. The summed E-state index contributed by atoms with van der Waals surface area (Å²) in [4.78, 5) is 0. The standard InChI is InChI=1S/C14H30N2O/c1-10-5-6-14(9-15,8-11(10)2)16-12(3)7-13(4)17/h10-13,16-17H,5-9,15H2,1-4H3. The van der Waals surface area contributed by atoms with Crippen LogP contribution in [-0.4, -0.2) is 29.3 Å². The molecule has 3 nitrogen and oxygen atoms in total. The van der Waals surface area contributed by atoms with Crippen LogP contribution in [0.25, 0.3) is 0 Å². The normalized spacial score (nSPS) is 37.8. The highest BCUT2D eigenvalue weighted by Gasteiger charge is 2.37. The van der Waals surface area contributed by atoms with Crippen LogP contribution in [0.15, 0.2) is 0 Å². The van der Waals surface area contributed by atoms with Gasteiger partial charge in [-0.1, -0.05) is 13.8 Å². The first-order valence-electron chi connectivity index (χ1n) is 7.04. The lowest BCUT2D eigenvalue weighted by Gasteiger charge is -2.44. The van der Waals surface area contributed by atoms with Crippen molar-refractivity contribution in [3.8, 4) is 0 Å². The average molecular weight is 242 g/mol. The summed E-state index contributed by atoms with van der Waals surface area (Å²) in [5, 5.41) is 13.1. The van der Waals surface area contributed by atoms with E-state index < -0.39 is 0 Å². The molecule has 0 aromatic heterocycles. The molecule has 0 spiro atoms. The molecule has 4 N–H and O–H groups in total. The molecular weight excluding hydrogens is 212 g/mol. The molecule has 0 amide bonds. The maximum atomic E-state index is 9.43. The molecule has 102 valence electrons. The first kappa shape index (κ1) is 14.9. The second-order valence-electron chi connectivity index (χ2n) is 6.31. The molecule has 0 aliphatic heterocycles. The largest absolute Gasteiger partial charge is 0.393 e. The van der Waals surface area contributed by atoms with Crippen molar-refractivity contribution in [2.45, 2.75) is 71.1 Å². The topological polar surface area (TPSA) is 58.3 Å². The second kappa shape index (κ2) is 6.17. The molecular formula is C14H30N2O. The molecule has 1 aliphatic carbocycles. The number of nitrogens with two attached hydrogens (primary N) is 1. The van der Waals surface area contributed by atoms with Gasteiger partial charge in [-0.25, -0.2) is 0 Å². The molecule has 1 rings (SSSR count). The van der Waals surface area contributed by atoms with Gasteiger partial charge in [-0.3, -0.25) is 0 Å². The third kappa shape index (κ3) is 4.23. The van der Waals surface area contributed by atoms with Crippen LogP contribution in [0, 0.1) is 11.8 Å². The Kier molecular flexibility index (Phi) is 5.42. The summed E-state index contributed by atoms with van der Waals surface area (Å²) in [5.74, 6) is 1.54. The first-order valence-corrected chi connectivity index (χ1v) is 7.04. The monoisotopic (exact) mass is 242 g/mol. The average Bonchev–Trinajstić information content (AvgIpc) is 2.22. The fourth-order valence-corrected chi connectivity index (χ4v) is 3.18. The molecule has 0 heterocycles. The molecule has 0 radical (unpaired) electrons. The summed E-state index contributed by atoms with van der Waals surface area (Å²) in [6, 6.07) is 0.333. The zero-order valence-corrected chi connectivity index (χ0v) is 11.9. The van der Waals surface area contributed by atoms with Gasteiger partial charge in [0.25, 0.3) is 0 Å². The number of aliphatic hydroxyl groups excluding tert-OH is 1. The molecule has 0 aromatic rings. The number of nitrogens with one attached hydrogen (secondary N) is 1. The molecule has 1 fully saturated rings. The van der Waals surface area contributed by atoms with Crippen molar-refractivity contribution in [3.05, 3.63) is 0 Å². The van der Waals surface area contributed by atoms with E-state index >= 15 is 0 Å². The highest BCUT2D eigenvalue weighted by molar-refractivity contribution is 4.96. The van der Waals surface area contributed by atoms with Crippen LogP contribution in [0.3, 0.4) is 0 Å². The molecule has 0 saturated heterocycles. The van der Waals surface area contributed by atoms with Crippen LogP contribution in [-0.2, 0) is 0 Å². The van der Waals surface area contributed by atoms with E-state index in [0.717, 1.165) is 24.7 Å². The van der Waals surface area contributed by atoms with Gasteiger partial charge in [-0.15, -0.1) is 0 Å². The van der Waals surface area contributed by atoms with E-state index in [1.165, 1.54) is 12.8 Å². The van der Waals surface area contributed by atoms with Crippen LogP contribution in [0.5, 0.6) is 0 Å². The number of hydrogen-bond donors (Lipinski definition) is 3. The molecule has 0 bridgehead atoms. The van der Waals surface area contributed by atoms with Crippen LogP contribution in [0.1, 0.15) is 53.4 Å². The summed E-state index contributed by atoms with van der Waals surface area (Å²) in [6.45, 7) is 9.36. The van der Waals surface area contributed by atoms with E-state index in [1.807, 2.05) is 6.92 Å². The summed E-state index contributed by atoms with van der Waals surface area (Å²) in [6.07, 6.45) is 4.14. The first-order chi connectivity index (χ1) is 7.88. The molecule has 3 heteroatoms. The van der Waals surface area contributed by atoms with Gasteiger partial charge in [0.15, 0.2) is 0 Å². The van der Waals surface area contributed by atoms with E-state index in [-0.39, 0.29) is 11.6 Å². The zero-order valence-electron chi connectivity index (χ0n) is 11.9. The van der Waals surface area contributed by atoms with Crippen molar-refractivity contribution in [1.82, 2.24) is 5.32 Å². The lowest BCUT2D eigenvalue weighted by Crippen LogP contribution is -2.58. The van der Waals surface area contributed by atoms with Gasteiger partial charge in [-0.05, 0) is 51.4 Å². The van der Waals surface area contributed by atoms with Gasteiger partial charge in [-0.2, -0.15) is 0 Å². The summed E-state index contributed by atoms with van der Waals surface area (Å²) in [7, 11) is 0. The smallest absolute Gasteiger partial charge is 0.0526 e. The molecule has 1 saturated carbocycles. The lowest BCUT2D eigenvalue weighted by atomic mass is 9.71. The highest BCUT2D eigenvalue weighted by Crippen LogP contribution is 2.36. The van der Waals surface area contributed by atoms with Gasteiger partial charge in [0.1, 0.15) is 0 Å². The Labute approximate surface area is 106 Å². The van der Waals surface area contributed by atoms with Gasteiger partial charge in [0.05, 0.1) is 6.10 Å². The third-order valence-corrected chi connectivity index (χ3v) is 4.40. The lowest BCUT2D eigenvalue weighted by molar-refractivity contribution is 0.115. The Hall–Kier alpha value is -0.120. The Morgan fingerprint density at radius 1 is 1.35 bits per heavy atom. The van der Waals surface area contributed by atoms with Crippen molar-refractivity contribution in [3.63, 3.8) is 0 Å². The van der Waals surface area contributed by atoms with E-state index in [9.17, 15) is 5.11 Å². The molecule has 5 unspecified atom stereocenters. The number of hydrogen-bond acceptors (Lipinski definition) is 3. The van der Waals surface area contributed by atoms with Gasteiger partial charge >= 0.3 is 0 Å². The fraction of sp³-hybridized carbons (Fsp3) is 1.00. The van der Waals surface area contributed by atoms with Gasteiger partial charge < -0.3 is 16.2 Å². The van der Waals surface area contributed by atoms with Crippen LogP contribution in [0.4, 0.5) is 0 Å². The third-order valence-electron chi connectivity index (χ3n) is 4.40. The van der Waals surface area contributed by atoms with Crippen LogP contribution < -0.4 is 11.1 Å². The Morgan fingerprint density at radius 3 is 2.47 bits per heavy atom. The van der Waals surface area contributed by atoms with Crippen molar-refractivity contribution in [2.24, 2.45) is 17.6 Å². The van der Waals surface area contributed by atoms with E-state index in [2.05, 4.69) is 26.1 Å². The van der Waals surface area contributed by atoms with E-state index in [4.69, 9.17) is 5.73 Å². The van der Waals surface area contributed by atoms with E-state index in [1.54, 1.807) is 0 Å². The minimum Gasteiger partial charge on any atom is -0.393 e. The van der Waals surface area contributed by atoms with Crippen molar-refractivity contribution in [2.75, 3.05) is 6.54 Å². The number of rotatable bonds is 5. The van der Waals surface area contributed by atoms with Gasteiger partial charge in [0.2, 0.25) is 0 Å². The van der Waals surface area contributed by atoms with Crippen molar-refractivity contribution in [1.29, 1.82) is 0 Å². The molecule has 17 heavy (non-hydrogen) atoms. The quantitative estimate of drug-likeness (QED) is 0.690. The number of aliphatic hydroxyl groups is 1. The van der Waals surface area contributed by atoms with E-state index in [0.29, 0.717) is 12.6 Å². The summed E-state index contributed by atoms with van der Waals surface area (Å²) in [5.41, 5.74) is 6.10. The Bertz CT molecular complexity index is 232. The fourth-order valence-electron chi connectivity index (χ4n) is 3.18. The highest BCUT2D eigenvalue weighted by atomic mass is 16.3. The zero-order chi connectivity index (χ0) is 13.1. The minimum atomic E-state index is -0.243. The van der Waals surface area contributed by atoms with Gasteiger partial charge in [0, 0.05) is 18.1 Å². The molecule has 0 aromatic carbocycles. The Balaban J connectivity index is 2.57. The van der Waals surface area contributed by atoms with Crippen LogP contribution >= 0.6 is 0 Å². The maximum Gasteiger partial charge on any atom is 0.0526 e. The minimum absolute atomic E-state index is 0.0975. The van der Waals surface area contributed by atoms with Crippen molar-refractivity contribution < 1.29 is 5.11 Å².